The van der Waals surface area contributed by atoms with Crippen LogP contribution in [0.1, 0.15) is 32.1 Å². The topological polar surface area (TPSA) is 82.9 Å². The van der Waals surface area contributed by atoms with Gasteiger partial charge in [0.15, 0.2) is 0 Å². The Morgan fingerprint density at radius 1 is 1.10 bits per heavy atom. The van der Waals surface area contributed by atoms with Gasteiger partial charge in [-0.25, -0.2) is 9.18 Å². The van der Waals surface area contributed by atoms with E-state index in [1.54, 1.807) is 24.3 Å². The van der Waals surface area contributed by atoms with Crippen molar-refractivity contribution in [1.82, 2.24) is 19.3 Å². The Balaban J connectivity index is 1.74. The molecule has 2 aromatic carbocycles. The van der Waals surface area contributed by atoms with Gasteiger partial charge in [0.05, 0.1) is 15.9 Å². The second kappa shape index (κ2) is 8.85. The zero-order valence-corrected chi connectivity index (χ0v) is 17.6. The Labute approximate surface area is 181 Å². The predicted molar refractivity (Wildman–Crippen MR) is 116 cm³/mol. The number of aromatic nitrogens is 4. The van der Waals surface area contributed by atoms with Gasteiger partial charge in [-0.3, -0.25) is 13.9 Å². The first-order chi connectivity index (χ1) is 15.0. The number of unbranched alkanes of at least 4 members (excludes halogenated alkanes) is 2. The zero-order chi connectivity index (χ0) is 22.0. The van der Waals surface area contributed by atoms with Gasteiger partial charge in [0.1, 0.15) is 12.4 Å². The summed E-state index contributed by atoms with van der Waals surface area (Å²) in [4.78, 5) is 30.3. The van der Waals surface area contributed by atoms with Crippen LogP contribution in [0.25, 0.3) is 22.3 Å². The van der Waals surface area contributed by atoms with E-state index in [4.69, 9.17) is 16.1 Å². The van der Waals surface area contributed by atoms with Gasteiger partial charge in [-0.05, 0) is 36.8 Å². The van der Waals surface area contributed by atoms with Gasteiger partial charge in [0.25, 0.3) is 5.56 Å². The van der Waals surface area contributed by atoms with Crippen LogP contribution in [0.4, 0.5) is 4.39 Å². The monoisotopic (exact) mass is 442 g/mol. The average Bonchev–Trinajstić information content (AvgIpc) is 3.24. The third kappa shape index (κ3) is 4.16. The van der Waals surface area contributed by atoms with Crippen molar-refractivity contribution in [2.24, 2.45) is 0 Å². The van der Waals surface area contributed by atoms with Crippen molar-refractivity contribution in [3.8, 4) is 11.4 Å². The molecule has 0 unspecified atom stereocenters. The maximum Gasteiger partial charge on any atom is 0.331 e. The quantitative estimate of drug-likeness (QED) is 0.400. The summed E-state index contributed by atoms with van der Waals surface area (Å²) in [5.74, 6) is -0.135. The normalized spacial score (nSPS) is 11.3. The van der Waals surface area contributed by atoms with E-state index in [1.807, 2.05) is 0 Å². The van der Waals surface area contributed by atoms with Gasteiger partial charge in [-0.15, -0.1) is 0 Å². The molecule has 2 aromatic heterocycles. The number of benzene rings is 2. The highest BCUT2D eigenvalue weighted by atomic mass is 35.5. The van der Waals surface area contributed by atoms with Crippen LogP contribution >= 0.6 is 11.6 Å². The van der Waals surface area contributed by atoms with Crippen LogP contribution < -0.4 is 11.2 Å². The molecule has 4 rings (SSSR count). The van der Waals surface area contributed by atoms with Gasteiger partial charge in [0.2, 0.25) is 11.7 Å². The van der Waals surface area contributed by atoms with E-state index in [0.29, 0.717) is 23.0 Å². The largest absolute Gasteiger partial charge is 0.337 e. The van der Waals surface area contributed by atoms with Crippen molar-refractivity contribution in [1.29, 1.82) is 0 Å². The summed E-state index contributed by atoms with van der Waals surface area (Å²) in [5, 5.41) is 4.31. The van der Waals surface area contributed by atoms with E-state index in [0.717, 1.165) is 19.3 Å². The van der Waals surface area contributed by atoms with Crippen molar-refractivity contribution < 1.29 is 8.91 Å². The fraction of sp³-hybridized carbons (Fsp3) is 0.273. The minimum Gasteiger partial charge on any atom is -0.337 e. The first kappa shape index (κ1) is 21.0. The molecule has 2 heterocycles. The molecule has 7 nitrogen and oxygen atoms in total. The van der Waals surface area contributed by atoms with Gasteiger partial charge < -0.3 is 4.52 Å². The van der Waals surface area contributed by atoms with Crippen LogP contribution in [0.5, 0.6) is 0 Å². The fourth-order valence-corrected chi connectivity index (χ4v) is 3.63. The molecule has 9 heteroatoms. The first-order valence-corrected chi connectivity index (χ1v) is 10.4. The van der Waals surface area contributed by atoms with Crippen LogP contribution in [-0.4, -0.2) is 19.3 Å². The highest BCUT2D eigenvalue weighted by Crippen LogP contribution is 2.23. The van der Waals surface area contributed by atoms with E-state index in [9.17, 15) is 14.0 Å². The first-order valence-electron chi connectivity index (χ1n) is 10.00. The second-order valence-corrected chi connectivity index (χ2v) is 7.60. The molecular weight excluding hydrogens is 423 g/mol. The lowest BCUT2D eigenvalue weighted by molar-refractivity contribution is 0.369. The standard InChI is InChI=1S/C22H20ClFN4O3/c1-2-3-6-11-27-21(29)15-7-4-5-8-18(15)28(22(27)30)13-19-25-20(26-31-19)14-9-10-17(24)16(23)12-14/h4-5,7-10,12H,2-3,6,11,13H2,1H3. The van der Waals surface area contributed by atoms with Crippen LogP contribution in [0.15, 0.2) is 56.6 Å². The van der Waals surface area contributed by atoms with E-state index in [2.05, 4.69) is 17.1 Å². The van der Waals surface area contributed by atoms with Gasteiger partial charge in [-0.1, -0.05) is 48.7 Å². The highest BCUT2D eigenvalue weighted by molar-refractivity contribution is 6.31. The summed E-state index contributed by atoms with van der Waals surface area (Å²) in [6.07, 6.45) is 2.64. The average molecular weight is 443 g/mol. The van der Waals surface area contributed by atoms with Crippen LogP contribution in [0.3, 0.4) is 0 Å². The van der Waals surface area contributed by atoms with E-state index >= 15 is 0 Å². The zero-order valence-electron chi connectivity index (χ0n) is 16.8. The Hall–Kier alpha value is -3.26. The molecule has 0 aliphatic rings. The Kier molecular flexibility index (Phi) is 5.99. The van der Waals surface area contributed by atoms with Crippen molar-refractivity contribution in [2.75, 3.05) is 0 Å². The molecule has 31 heavy (non-hydrogen) atoms. The summed E-state index contributed by atoms with van der Waals surface area (Å²) in [5.41, 5.74) is 0.251. The summed E-state index contributed by atoms with van der Waals surface area (Å²) in [6, 6.07) is 11.1. The molecule has 0 radical (unpaired) electrons. The minimum absolute atomic E-state index is 0.00463. The summed E-state index contributed by atoms with van der Waals surface area (Å²) in [6.45, 7) is 2.40. The number of rotatable bonds is 7. The van der Waals surface area contributed by atoms with Crippen molar-refractivity contribution in [2.45, 2.75) is 39.3 Å². The summed E-state index contributed by atoms with van der Waals surface area (Å²) >= 11 is 5.83. The number of hydrogen-bond acceptors (Lipinski definition) is 5. The molecule has 0 fully saturated rings. The molecule has 0 aliphatic heterocycles. The summed E-state index contributed by atoms with van der Waals surface area (Å²) < 4.78 is 21.5. The number of halogens is 2. The minimum atomic E-state index is -0.544. The molecule has 0 N–H and O–H groups in total. The van der Waals surface area contributed by atoms with Crippen molar-refractivity contribution >= 4 is 22.5 Å². The van der Waals surface area contributed by atoms with Gasteiger partial charge in [0, 0.05) is 12.1 Å². The van der Waals surface area contributed by atoms with E-state index in [1.165, 1.54) is 27.3 Å². The Morgan fingerprint density at radius 3 is 2.68 bits per heavy atom. The van der Waals surface area contributed by atoms with Crippen LogP contribution in [0, 0.1) is 5.82 Å². The number of hydrogen-bond donors (Lipinski definition) is 0. The SMILES string of the molecule is CCCCCn1c(=O)c2ccccc2n(Cc2nc(-c3ccc(F)c(Cl)c3)no2)c1=O. The summed E-state index contributed by atoms with van der Waals surface area (Å²) in [7, 11) is 0. The molecule has 0 amide bonds. The lowest BCUT2D eigenvalue weighted by Crippen LogP contribution is -2.40. The molecular formula is C22H20ClFN4O3. The predicted octanol–water partition coefficient (Wildman–Crippen LogP) is 4.24. The Morgan fingerprint density at radius 2 is 1.90 bits per heavy atom. The van der Waals surface area contributed by atoms with E-state index < -0.39 is 11.5 Å². The molecule has 4 aromatic rings. The maximum atomic E-state index is 13.4. The van der Waals surface area contributed by atoms with Crippen molar-refractivity contribution in [3.05, 3.63) is 80.0 Å². The number of nitrogens with zero attached hydrogens (tertiary/aromatic N) is 4. The molecule has 160 valence electrons. The third-order valence-corrected chi connectivity index (χ3v) is 5.35. The van der Waals surface area contributed by atoms with Gasteiger partial charge >= 0.3 is 5.69 Å². The smallest absolute Gasteiger partial charge is 0.331 e. The highest BCUT2D eigenvalue weighted by Gasteiger charge is 2.16. The molecule has 0 spiro atoms. The molecule has 0 saturated heterocycles. The number of fused-ring (bicyclic) bond motifs is 1. The lowest BCUT2D eigenvalue weighted by Gasteiger charge is -2.12. The number of para-hydroxylation sites is 1. The van der Waals surface area contributed by atoms with Gasteiger partial charge in [-0.2, -0.15) is 4.98 Å². The third-order valence-electron chi connectivity index (χ3n) is 5.06. The fourth-order valence-electron chi connectivity index (χ4n) is 3.45. The molecule has 0 saturated carbocycles. The van der Waals surface area contributed by atoms with Crippen LogP contribution in [-0.2, 0) is 13.1 Å². The van der Waals surface area contributed by atoms with E-state index in [-0.39, 0.29) is 28.8 Å². The molecule has 0 atom stereocenters. The van der Waals surface area contributed by atoms with Crippen LogP contribution in [0.2, 0.25) is 5.02 Å². The van der Waals surface area contributed by atoms with Crippen molar-refractivity contribution in [3.63, 3.8) is 0 Å². The second-order valence-electron chi connectivity index (χ2n) is 7.19. The maximum absolute atomic E-state index is 13.4. The molecule has 0 bridgehead atoms. The lowest BCUT2D eigenvalue weighted by atomic mass is 10.2. The molecule has 0 aliphatic carbocycles. The Bertz CT molecular complexity index is 1360.